The van der Waals surface area contributed by atoms with E-state index in [9.17, 15) is 9.18 Å². The van der Waals surface area contributed by atoms with Gasteiger partial charge in [0.15, 0.2) is 0 Å². The summed E-state index contributed by atoms with van der Waals surface area (Å²) in [4.78, 5) is 20.5. The molecule has 1 aromatic carbocycles. The second kappa shape index (κ2) is 7.79. The molecule has 1 aliphatic rings. The van der Waals surface area contributed by atoms with Gasteiger partial charge < -0.3 is 9.80 Å². The van der Waals surface area contributed by atoms with Crippen molar-refractivity contribution in [2.75, 3.05) is 36.4 Å². The van der Waals surface area contributed by atoms with Crippen LogP contribution in [0.1, 0.15) is 12.8 Å². The number of anilines is 1. The van der Waals surface area contributed by atoms with Crippen LogP contribution in [-0.2, 0) is 4.79 Å². The van der Waals surface area contributed by atoms with E-state index in [-0.39, 0.29) is 11.7 Å². The molecule has 0 saturated carbocycles. The Bertz CT molecular complexity index is 697. The molecular formula is C17H20BrFN4O. The number of aromatic nitrogens is 2. The summed E-state index contributed by atoms with van der Waals surface area (Å²) in [6.07, 6.45) is 4.88. The Hall–Kier alpha value is -1.89. The van der Waals surface area contributed by atoms with Crippen LogP contribution >= 0.6 is 15.9 Å². The molecule has 1 saturated heterocycles. The molecule has 0 atom stereocenters. The molecule has 7 heteroatoms. The molecule has 1 fully saturated rings. The molecule has 0 aliphatic carbocycles. The second-order valence-corrected chi connectivity index (χ2v) is 6.50. The van der Waals surface area contributed by atoms with Crippen LogP contribution in [0.2, 0.25) is 0 Å². The average Bonchev–Trinajstić information content (AvgIpc) is 3.09. The van der Waals surface area contributed by atoms with Crippen LogP contribution in [-0.4, -0.2) is 51.9 Å². The number of rotatable bonds is 5. The number of carbonyl (C=O) groups excluding carboxylic acids is 1. The van der Waals surface area contributed by atoms with Gasteiger partial charge in [-0.1, -0.05) is 28.1 Å². The minimum Gasteiger partial charge on any atom is -0.339 e. The summed E-state index contributed by atoms with van der Waals surface area (Å²) in [5.41, 5.74) is 0.487. The molecule has 1 aromatic heterocycles. The van der Waals surface area contributed by atoms with Crippen molar-refractivity contribution in [2.24, 2.45) is 0 Å². The number of piperazine rings is 1. The fourth-order valence-electron chi connectivity index (χ4n) is 2.90. The van der Waals surface area contributed by atoms with Crippen LogP contribution in [0.3, 0.4) is 0 Å². The highest BCUT2D eigenvalue weighted by molar-refractivity contribution is 9.09. The van der Waals surface area contributed by atoms with Crippen molar-refractivity contribution >= 4 is 27.8 Å². The highest BCUT2D eigenvalue weighted by Crippen LogP contribution is 2.21. The lowest BCUT2D eigenvalue weighted by atomic mass is 10.2. The number of nitrogens with zero attached hydrogens (tertiary/aromatic N) is 4. The van der Waals surface area contributed by atoms with Crippen molar-refractivity contribution in [2.45, 2.75) is 12.8 Å². The molecule has 0 spiro atoms. The highest BCUT2D eigenvalue weighted by Gasteiger charge is 2.23. The molecular weight excluding hydrogens is 375 g/mol. The number of halogens is 2. The van der Waals surface area contributed by atoms with Gasteiger partial charge >= 0.3 is 0 Å². The molecule has 5 nitrogen and oxygen atoms in total. The number of benzene rings is 1. The first kappa shape index (κ1) is 17.0. The van der Waals surface area contributed by atoms with Gasteiger partial charge in [0.25, 0.3) is 0 Å². The van der Waals surface area contributed by atoms with E-state index in [2.05, 4.69) is 25.8 Å². The molecule has 128 valence electrons. The third-order valence-corrected chi connectivity index (χ3v) is 4.73. The standard InChI is InChI=1S/C17H20BrFN4O/c18-7-3-6-16(24)21-10-12-22(13-11-21)17-20-8-9-23(17)15-5-2-1-4-14(15)19/h1-2,4-5,8-9H,3,6-7,10-13H2. The SMILES string of the molecule is O=C(CCCBr)N1CCN(c2nccn2-c2ccccc2F)CC1. The predicted octanol–water partition coefficient (Wildman–Crippen LogP) is 2.84. The topological polar surface area (TPSA) is 41.4 Å². The number of hydrogen-bond acceptors (Lipinski definition) is 3. The monoisotopic (exact) mass is 394 g/mol. The fraction of sp³-hybridized carbons (Fsp3) is 0.412. The van der Waals surface area contributed by atoms with Crippen molar-refractivity contribution in [1.82, 2.24) is 14.5 Å². The van der Waals surface area contributed by atoms with E-state index in [0.29, 0.717) is 44.2 Å². The van der Waals surface area contributed by atoms with Gasteiger partial charge in [0.2, 0.25) is 11.9 Å². The molecule has 2 heterocycles. The Morgan fingerprint density at radius 1 is 1.21 bits per heavy atom. The summed E-state index contributed by atoms with van der Waals surface area (Å²) in [5, 5.41) is 0.846. The Balaban J connectivity index is 1.69. The van der Waals surface area contributed by atoms with Crippen molar-refractivity contribution in [3.63, 3.8) is 0 Å². The first-order valence-corrected chi connectivity index (χ1v) is 9.20. The maximum absolute atomic E-state index is 14.1. The van der Waals surface area contributed by atoms with Crippen molar-refractivity contribution in [3.8, 4) is 5.69 Å². The van der Waals surface area contributed by atoms with E-state index in [4.69, 9.17) is 0 Å². The number of para-hydroxylation sites is 1. The highest BCUT2D eigenvalue weighted by atomic mass is 79.9. The van der Waals surface area contributed by atoms with Gasteiger partial charge in [-0.25, -0.2) is 9.37 Å². The summed E-state index contributed by atoms with van der Waals surface area (Å²) in [6.45, 7) is 2.74. The summed E-state index contributed by atoms with van der Waals surface area (Å²) >= 11 is 3.35. The number of alkyl halides is 1. The summed E-state index contributed by atoms with van der Waals surface area (Å²) in [7, 11) is 0. The predicted molar refractivity (Wildman–Crippen MR) is 95.3 cm³/mol. The summed E-state index contributed by atoms with van der Waals surface area (Å²) < 4.78 is 15.8. The first-order valence-electron chi connectivity index (χ1n) is 8.07. The van der Waals surface area contributed by atoms with Crippen molar-refractivity contribution < 1.29 is 9.18 Å². The van der Waals surface area contributed by atoms with Crippen LogP contribution in [0, 0.1) is 5.82 Å². The zero-order valence-electron chi connectivity index (χ0n) is 13.4. The van der Waals surface area contributed by atoms with Crippen LogP contribution in [0.15, 0.2) is 36.7 Å². The summed E-state index contributed by atoms with van der Waals surface area (Å²) in [5.74, 6) is 0.638. The molecule has 0 radical (unpaired) electrons. The van der Waals surface area contributed by atoms with Gasteiger partial charge in [0.1, 0.15) is 5.82 Å². The molecule has 0 unspecified atom stereocenters. The molecule has 1 amide bonds. The van der Waals surface area contributed by atoms with Crippen molar-refractivity contribution in [3.05, 3.63) is 42.5 Å². The minimum absolute atomic E-state index is 0.201. The number of amides is 1. The Labute approximate surface area is 149 Å². The Morgan fingerprint density at radius 3 is 2.67 bits per heavy atom. The van der Waals surface area contributed by atoms with Gasteiger partial charge in [-0.3, -0.25) is 9.36 Å². The van der Waals surface area contributed by atoms with E-state index in [0.717, 1.165) is 11.8 Å². The maximum atomic E-state index is 14.1. The van der Waals surface area contributed by atoms with Gasteiger partial charge in [0.05, 0.1) is 5.69 Å². The van der Waals surface area contributed by atoms with Gasteiger partial charge in [0, 0.05) is 50.3 Å². The Kier molecular flexibility index (Phi) is 5.50. The number of hydrogen-bond donors (Lipinski definition) is 0. The van der Waals surface area contributed by atoms with E-state index in [1.165, 1.54) is 6.07 Å². The normalized spacial score (nSPS) is 14.9. The van der Waals surface area contributed by atoms with Crippen LogP contribution < -0.4 is 4.90 Å². The number of imidazole rings is 1. The van der Waals surface area contributed by atoms with Crippen LogP contribution in [0.25, 0.3) is 5.69 Å². The van der Waals surface area contributed by atoms with Crippen molar-refractivity contribution in [1.29, 1.82) is 0 Å². The van der Waals surface area contributed by atoms with E-state index in [1.807, 2.05) is 11.0 Å². The maximum Gasteiger partial charge on any atom is 0.222 e. The third-order valence-electron chi connectivity index (χ3n) is 4.17. The summed E-state index contributed by atoms with van der Waals surface area (Å²) in [6, 6.07) is 6.66. The second-order valence-electron chi connectivity index (χ2n) is 5.71. The smallest absolute Gasteiger partial charge is 0.222 e. The lowest BCUT2D eigenvalue weighted by molar-refractivity contribution is -0.131. The molecule has 1 aliphatic heterocycles. The van der Waals surface area contributed by atoms with E-state index in [1.54, 1.807) is 29.1 Å². The molecule has 24 heavy (non-hydrogen) atoms. The van der Waals surface area contributed by atoms with E-state index < -0.39 is 0 Å². The Morgan fingerprint density at radius 2 is 1.96 bits per heavy atom. The first-order chi connectivity index (χ1) is 11.7. The zero-order chi connectivity index (χ0) is 16.9. The van der Waals surface area contributed by atoms with Crippen LogP contribution in [0.4, 0.5) is 10.3 Å². The fourth-order valence-corrected chi connectivity index (χ4v) is 3.18. The van der Waals surface area contributed by atoms with Gasteiger partial charge in [-0.15, -0.1) is 0 Å². The largest absolute Gasteiger partial charge is 0.339 e. The molecule has 2 aromatic rings. The third kappa shape index (κ3) is 3.61. The molecule has 3 rings (SSSR count). The quantitative estimate of drug-likeness (QED) is 0.732. The number of carbonyl (C=O) groups is 1. The lowest BCUT2D eigenvalue weighted by Crippen LogP contribution is -2.49. The molecule has 0 bridgehead atoms. The van der Waals surface area contributed by atoms with Gasteiger partial charge in [-0.05, 0) is 18.6 Å². The van der Waals surface area contributed by atoms with Crippen LogP contribution in [0.5, 0.6) is 0 Å². The minimum atomic E-state index is -0.277. The lowest BCUT2D eigenvalue weighted by Gasteiger charge is -2.35. The average molecular weight is 395 g/mol. The zero-order valence-corrected chi connectivity index (χ0v) is 15.0. The molecule has 0 N–H and O–H groups in total. The van der Waals surface area contributed by atoms with E-state index >= 15 is 0 Å². The van der Waals surface area contributed by atoms with Gasteiger partial charge in [-0.2, -0.15) is 0 Å².